The number of para-hydroxylation sites is 1. The smallest absolute Gasteiger partial charge is 0.136 e. The predicted octanol–water partition coefficient (Wildman–Crippen LogP) is 7.28. The van der Waals surface area contributed by atoms with Gasteiger partial charge >= 0.3 is 0 Å². The standard InChI is InChI=1S/C25H23NO/c1-26-20-12-11-17(16-7-3-2-4-8-16)15-19(20)24-21(26)13-14-23-25(24)18-9-5-6-10-22(18)27-23/h5-6,9-16H,2-4,7-8H2,1H3. The van der Waals surface area contributed by atoms with E-state index in [1.54, 1.807) is 0 Å². The Morgan fingerprint density at radius 1 is 0.778 bits per heavy atom. The van der Waals surface area contributed by atoms with E-state index in [2.05, 4.69) is 60.1 Å². The number of rotatable bonds is 1. The van der Waals surface area contributed by atoms with Crippen molar-refractivity contribution >= 4 is 43.7 Å². The molecule has 6 rings (SSSR count). The normalized spacial score (nSPS) is 16.2. The Labute approximate surface area is 158 Å². The minimum atomic E-state index is 0.721. The molecule has 5 aromatic rings. The highest BCUT2D eigenvalue weighted by Gasteiger charge is 2.19. The van der Waals surface area contributed by atoms with Crippen LogP contribution in [0.3, 0.4) is 0 Å². The molecule has 1 fully saturated rings. The van der Waals surface area contributed by atoms with Crippen LogP contribution in [0.25, 0.3) is 43.7 Å². The molecule has 0 aliphatic heterocycles. The van der Waals surface area contributed by atoms with Crippen LogP contribution in [0.1, 0.15) is 43.6 Å². The zero-order chi connectivity index (χ0) is 18.0. The summed E-state index contributed by atoms with van der Waals surface area (Å²) >= 11 is 0. The van der Waals surface area contributed by atoms with E-state index < -0.39 is 0 Å². The predicted molar refractivity (Wildman–Crippen MR) is 114 cm³/mol. The van der Waals surface area contributed by atoms with Gasteiger partial charge in [-0.25, -0.2) is 0 Å². The van der Waals surface area contributed by atoms with Crippen LogP contribution in [-0.2, 0) is 7.05 Å². The molecule has 2 heterocycles. The highest BCUT2D eigenvalue weighted by Crippen LogP contribution is 2.41. The number of fused-ring (bicyclic) bond motifs is 7. The Morgan fingerprint density at radius 2 is 1.59 bits per heavy atom. The molecule has 0 spiro atoms. The molecule has 0 saturated heterocycles. The number of furan rings is 1. The molecule has 27 heavy (non-hydrogen) atoms. The lowest BCUT2D eigenvalue weighted by atomic mass is 9.83. The van der Waals surface area contributed by atoms with Gasteiger partial charge in [0.1, 0.15) is 11.2 Å². The van der Waals surface area contributed by atoms with E-state index in [0.29, 0.717) is 0 Å². The van der Waals surface area contributed by atoms with Gasteiger partial charge in [-0.1, -0.05) is 43.5 Å². The largest absolute Gasteiger partial charge is 0.456 e. The van der Waals surface area contributed by atoms with E-state index >= 15 is 0 Å². The van der Waals surface area contributed by atoms with Gasteiger partial charge in [0.05, 0.1) is 0 Å². The SMILES string of the molecule is Cn1c2ccc(C3CCCCC3)cc2c2c3c(ccc21)oc1ccccc13. The number of aryl methyl sites for hydroxylation is 1. The summed E-state index contributed by atoms with van der Waals surface area (Å²) in [6.45, 7) is 0. The molecule has 2 heteroatoms. The maximum atomic E-state index is 6.16. The second-order valence-electron chi connectivity index (χ2n) is 8.10. The molecule has 2 aromatic heterocycles. The van der Waals surface area contributed by atoms with Crippen LogP contribution in [0, 0.1) is 0 Å². The zero-order valence-corrected chi connectivity index (χ0v) is 15.7. The first-order valence-electron chi connectivity index (χ1n) is 10.1. The fraction of sp³-hybridized carbons (Fsp3) is 0.280. The van der Waals surface area contributed by atoms with Crippen molar-refractivity contribution in [3.63, 3.8) is 0 Å². The van der Waals surface area contributed by atoms with Crippen LogP contribution in [0.5, 0.6) is 0 Å². The quantitative estimate of drug-likeness (QED) is 0.310. The van der Waals surface area contributed by atoms with E-state index in [9.17, 15) is 0 Å². The van der Waals surface area contributed by atoms with Crippen molar-refractivity contribution in [2.75, 3.05) is 0 Å². The topological polar surface area (TPSA) is 18.1 Å². The summed E-state index contributed by atoms with van der Waals surface area (Å²) < 4.78 is 8.49. The number of aromatic nitrogens is 1. The van der Waals surface area contributed by atoms with Gasteiger partial charge in [0.25, 0.3) is 0 Å². The summed E-state index contributed by atoms with van der Waals surface area (Å²) in [6.07, 6.45) is 6.80. The van der Waals surface area contributed by atoms with Gasteiger partial charge < -0.3 is 8.98 Å². The second kappa shape index (κ2) is 5.63. The Kier molecular flexibility index (Phi) is 3.19. The van der Waals surface area contributed by atoms with E-state index in [4.69, 9.17) is 4.42 Å². The van der Waals surface area contributed by atoms with Crippen molar-refractivity contribution in [1.82, 2.24) is 4.57 Å². The lowest BCUT2D eigenvalue weighted by molar-refractivity contribution is 0.444. The van der Waals surface area contributed by atoms with Crippen LogP contribution < -0.4 is 0 Å². The average Bonchev–Trinajstić information content (AvgIpc) is 3.24. The monoisotopic (exact) mass is 353 g/mol. The highest BCUT2D eigenvalue weighted by atomic mass is 16.3. The molecule has 2 nitrogen and oxygen atoms in total. The Balaban J connectivity index is 1.74. The third-order valence-corrected chi connectivity index (χ3v) is 6.61. The van der Waals surface area contributed by atoms with Gasteiger partial charge in [-0.15, -0.1) is 0 Å². The van der Waals surface area contributed by atoms with Gasteiger partial charge in [0.2, 0.25) is 0 Å². The summed E-state index contributed by atoms with van der Waals surface area (Å²) in [5.41, 5.74) is 6.06. The first kappa shape index (κ1) is 15.3. The molecule has 1 aliphatic rings. The molecule has 0 amide bonds. The summed E-state index contributed by atoms with van der Waals surface area (Å²) in [7, 11) is 2.18. The fourth-order valence-corrected chi connectivity index (χ4v) is 5.22. The van der Waals surface area contributed by atoms with Crippen molar-refractivity contribution in [2.24, 2.45) is 7.05 Å². The van der Waals surface area contributed by atoms with Crippen LogP contribution >= 0.6 is 0 Å². The van der Waals surface area contributed by atoms with Gasteiger partial charge in [-0.3, -0.25) is 0 Å². The van der Waals surface area contributed by atoms with E-state index in [0.717, 1.165) is 17.1 Å². The molecule has 1 saturated carbocycles. The Hall–Kier alpha value is -2.74. The number of benzene rings is 3. The number of nitrogens with zero attached hydrogens (tertiary/aromatic N) is 1. The van der Waals surface area contributed by atoms with E-state index in [1.165, 1.54) is 70.2 Å². The lowest BCUT2D eigenvalue weighted by Gasteiger charge is -2.22. The third-order valence-electron chi connectivity index (χ3n) is 6.61. The van der Waals surface area contributed by atoms with Crippen molar-refractivity contribution < 1.29 is 4.42 Å². The molecule has 0 unspecified atom stereocenters. The molecule has 0 N–H and O–H groups in total. The Morgan fingerprint density at radius 3 is 2.48 bits per heavy atom. The lowest BCUT2D eigenvalue weighted by Crippen LogP contribution is -2.04. The van der Waals surface area contributed by atoms with Crippen LogP contribution in [-0.4, -0.2) is 4.57 Å². The summed E-state index contributed by atoms with van der Waals surface area (Å²) in [5, 5.41) is 5.18. The molecular weight excluding hydrogens is 330 g/mol. The molecular formula is C25H23NO. The van der Waals surface area contributed by atoms with Gasteiger partial charge in [0.15, 0.2) is 0 Å². The number of hydrogen-bond acceptors (Lipinski definition) is 1. The molecule has 1 aliphatic carbocycles. The Bertz CT molecular complexity index is 1310. The first-order chi connectivity index (χ1) is 13.3. The third kappa shape index (κ3) is 2.13. The highest BCUT2D eigenvalue weighted by molar-refractivity contribution is 6.26. The van der Waals surface area contributed by atoms with E-state index in [-0.39, 0.29) is 0 Å². The van der Waals surface area contributed by atoms with Crippen LogP contribution in [0.15, 0.2) is 59.0 Å². The maximum Gasteiger partial charge on any atom is 0.136 e. The van der Waals surface area contributed by atoms with Crippen molar-refractivity contribution in [2.45, 2.75) is 38.0 Å². The molecule has 0 radical (unpaired) electrons. The maximum absolute atomic E-state index is 6.16. The molecule has 0 atom stereocenters. The summed E-state index contributed by atoms with van der Waals surface area (Å²) in [4.78, 5) is 0. The zero-order valence-electron chi connectivity index (χ0n) is 15.7. The fourth-order valence-electron chi connectivity index (χ4n) is 5.22. The summed E-state index contributed by atoms with van der Waals surface area (Å²) in [6, 6.07) is 19.9. The van der Waals surface area contributed by atoms with Crippen molar-refractivity contribution in [3.8, 4) is 0 Å². The van der Waals surface area contributed by atoms with Crippen molar-refractivity contribution in [1.29, 1.82) is 0 Å². The summed E-state index contributed by atoms with van der Waals surface area (Å²) in [5.74, 6) is 0.721. The number of hydrogen-bond donors (Lipinski definition) is 0. The molecule has 0 bridgehead atoms. The minimum absolute atomic E-state index is 0.721. The average molecular weight is 353 g/mol. The van der Waals surface area contributed by atoms with Gasteiger partial charge in [-0.2, -0.15) is 0 Å². The van der Waals surface area contributed by atoms with Gasteiger partial charge in [0, 0.05) is 39.6 Å². The van der Waals surface area contributed by atoms with Crippen LogP contribution in [0.4, 0.5) is 0 Å². The van der Waals surface area contributed by atoms with Gasteiger partial charge in [-0.05, 0) is 54.7 Å². The molecule has 3 aromatic carbocycles. The van der Waals surface area contributed by atoms with E-state index in [1.807, 2.05) is 6.07 Å². The minimum Gasteiger partial charge on any atom is -0.456 e. The van der Waals surface area contributed by atoms with Crippen molar-refractivity contribution in [3.05, 3.63) is 60.2 Å². The second-order valence-corrected chi connectivity index (χ2v) is 8.10. The first-order valence-corrected chi connectivity index (χ1v) is 10.1. The van der Waals surface area contributed by atoms with Crippen LogP contribution in [0.2, 0.25) is 0 Å². The molecule has 134 valence electrons.